The van der Waals surface area contributed by atoms with Crippen LogP contribution in [-0.4, -0.2) is 47.9 Å². The maximum Gasteiger partial charge on any atom is 0.223 e. The molecule has 1 aliphatic heterocycles. The van der Waals surface area contributed by atoms with Crippen LogP contribution in [0.4, 0.5) is 0 Å². The second-order valence-electron chi connectivity index (χ2n) is 4.55. The second kappa shape index (κ2) is 5.57. The molecule has 1 amide bonds. The van der Waals surface area contributed by atoms with E-state index in [4.69, 9.17) is 0 Å². The Hall–Kier alpha value is -0.710. The Labute approximate surface area is 102 Å². The van der Waals surface area contributed by atoms with Gasteiger partial charge < -0.3 is 10.2 Å². The maximum absolute atomic E-state index is 11.3. The van der Waals surface area contributed by atoms with E-state index in [2.05, 4.69) is 24.2 Å². The van der Waals surface area contributed by atoms with E-state index in [0.717, 1.165) is 17.3 Å². The number of nitrogens with zero attached hydrogens (tertiary/aromatic N) is 2. The highest BCUT2D eigenvalue weighted by molar-refractivity contribution is 8.14. The topological polar surface area (TPSA) is 44.7 Å². The van der Waals surface area contributed by atoms with Crippen molar-refractivity contribution in [1.82, 2.24) is 10.2 Å². The minimum atomic E-state index is 0.130. The molecule has 1 N–H and O–H groups in total. The Morgan fingerprint density at radius 1 is 1.62 bits per heavy atom. The predicted octanol–water partition coefficient (Wildman–Crippen LogP) is 1.33. The molecule has 4 nitrogen and oxygen atoms in total. The summed E-state index contributed by atoms with van der Waals surface area (Å²) in [7, 11) is 3.54. The van der Waals surface area contributed by atoms with E-state index in [0.29, 0.717) is 13.0 Å². The van der Waals surface area contributed by atoms with Crippen molar-refractivity contribution in [3.63, 3.8) is 0 Å². The molecular formula is C11H21N3OS. The van der Waals surface area contributed by atoms with E-state index in [1.54, 1.807) is 30.8 Å². The standard InChI is InChI=1S/C11H21N3OS/c1-5-11(2)8-16-10(13-11)12-7-6-9(15)14(3)4/h5-8H2,1-4H3,(H,12,13). The molecule has 1 atom stereocenters. The van der Waals surface area contributed by atoms with Gasteiger partial charge in [0.25, 0.3) is 0 Å². The molecule has 1 heterocycles. The van der Waals surface area contributed by atoms with Crippen LogP contribution in [0.25, 0.3) is 0 Å². The molecule has 0 aliphatic carbocycles. The minimum absolute atomic E-state index is 0.130. The molecule has 1 unspecified atom stereocenters. The summed E-state index contributed by atoms with van der Waals surface area (Å²) in [5, 5.41) is 4.39. The highest BCUT2D eigenvalue weighted by Gasteiger charge is 2.30. The number of hydrogen-bond donors (Lipinski definition) is 1. The average molecular weight is 243 g/mol. The minimum Gasteiger partial charge on any atom is -0.359 e. The summed E-state index contributed by atoms with van der Waals surface area (Å²) in [6, 6.07) is 0. The third kappa shape index (κ3) is 3.70. The van der Waals surface area contributed by atoms with E-state index in [-0.39, 0.29) is 11.4 Å². The number of thioether (sulfide) groups is 1. The quantitative estimate of drug-likeness (QED) is 0.810. The molecule has 0 aromatic heterocycles. The van der Waals surface area contributed by atoms with Crippen LogP contribution < -0.4 is 5.32 Å². The Kier molecular flexibility index (Phi) is 4.65. The molecule has 0 bridgehead atoms. The van der Waals surface area contributed by atoms with E-state index in [1.165, 1.54) is 0 Å². The molecule has 0 aromatic carbocycles. The average Bonchev–Trinajstić information content (AvgIpc) is 2.61. The van der Waals surface area contributed by atoms with Gasteiger partial charge in [0.1, 0.15) is 0 Å². The van der Waals surface area contributed by atoms with Gasteiger partial charge in [0.2, 0.25) is 5.91 Å². The van der Waals surface area contributed by atoms with E-state index in [1.807, 2.05) is 0 Å². The summed E-state index contributed by atoms with van der Waals surface area (Å²) in [6.07, 6.45) is 1.58. The lowest BCUT2D eigenvalue weighted by molar-refractivity contribution is -0.128. The number of aliphatic imine (C=N–C) groups is 1. The highest BCUT2D eigenvalue weighted by Crippen LogP contribution is 2.25. The van der Waals surface area contributed by atoms with E-state index in [9.17, 15) is 4.79 Å². The maximum atomic E-state index is 11.3. The lowest BCUT2D eigenvalue weighted by atomic mass is 10.0. The fourth-order valence-electron chi connectivity index (χ4n) is 1.31. The molecule has 0 spiro atoms. The lowest BCUT2D eigenvalue weighted by Crippen LogP contribution is -2.39. The van der Waals surface area contributed by atoms with Crippen LogP contribution in [0.1, 0.15) is 26.7 Å². The summed E-state index contributed by atoms with van der Waals surface area (Å²) in [5.74, 6) is 1.19. The van der Waals surface area contributed by atoms with Gasteiger partial charge in [0, 0.05) is 31.8 Å². The predicted molar refractivity (Wildman–Crippen MR) is 69.9 cm³/mol. The van der Waals surface area contributed by atoms with Crippen LogP contribution in [0.3, 0.4) is 0 Å². The molecule has 92 valence electrons. The van der Waals surface area contributed by atoms with Gasteiger partial charge in [-0.2, -0.15) is 0 Å². The largest absolute Gasteiger partial charge is 0.359 e. The highest BCUT2D eigenvalue weighted by atomic mass is 32.2. The molecule has 1 fully saturated rings. The van der Waals surface area contributed by atoms with Crippen molar-refractivity contribution < 1.29 is 4.79 Å². The molecular weight excluding hydrogens is 222 g/mol. The van der Waals surface area contributed by atoms with Gasteiger partial charge >= 0.3 is 0 Å². The van der Waals surface area contributed by atoms with Crippen LogP contribution in [-0.2, 0) is 4.79 Å². The lowest BCUT2D eigenvalue weighted by Gasteiger charge is -2.20. The molecule has 0 aromatic rings. The summed E-state index contributed by atoms with van der Waals surface area (Å²) in [4.78, 5) is 17.3. The van der Waals surface area contributed by atoms with Crippen LogP contribution in [0, 0.1) is 0 Å². The molecule has 1 saturated heterocycles. The van der Waals surface area contributed by atoms with Crippen molar-refractivity contribution in [3.8, 4) is 0 Å². The Morgan fingerprint density at radius 3 is 2.81 bits per heavy atom. The van der Waals surface area contributed by atoms with Gasteiger partial charge in [-0.15, -0.1) is 0 Å². The summed E-state index contributed by atoms with van der Waals surface area (Å²) < 4.78 is 0. The van der Waals surface area contributed by atoms with Crippen LogP contribution >= 0.6 is 11.8 Å². The fraction of sp³-hybridized carbons (Fsp3) is 0.818. The zero-order chi connectivity index (χ0) is 12.2. The zero-order valence-electron chi connectivity index (χ0n) is 10.5. The third-order valence-corrected chi connectivity index (χ3v) is 4.08. The van der Waals surface area contributed by atoms with Crippen molar-refractivity contribution in [2.24, 2.45) is 4.99 Å². The third-order valence-electron chi connectivity index (χ3n) is 2.80. The SMILES string of the molecule is CCC1(C)CSC(=NCCC(=O)N(C)C)N1. The van der Waals surface area contributed by atoms with Gasteiger partial charge in [-0.3, -0.25) is 9.79 Å². The van der Waals surface area contributed by atoms with Gasteiger partial charge in [0.05, 0.1) is 6.54 Å². The number of amidine groups is 1. The summed E-state index contributed by atoms with van der Waals surface area (Å²) in [5.41, 5.74) is 0.176. The molecule has 1 aliphatic rings. The van der Waals surface area contributed by atoms with E-state index >= 15 is 0 Å². The Balaban J connectivity index is 2.35. The smallest absolute Gasteiger partial charge is 0.223 e. The molecule has 0 radical (unpaired) electrons. The van der Waals surface area contributed by atoms with Gasteiger partial charge in [-0.1, -0.05) is 18.7 Å². The van der Waals surface area contributed by atoms with Crippen molar-refractivity contribution in [2.45, 2.75) is 32.2 Å². The van der Waals surface area contributed by atoms with Crippen molar-refractivity contribution in [3.05, 3.63) is 0 Å². The first-order valence-corrected chi connectivity index (χ1v) is 6.61. The van der Waals surface area contributed by atoms with Crippen LogP contribution in [0.5, 0.6) is 0 Å². The van der Waals surface area contributed by atoms with Gasteiger partial charge in [-0.25, -0.2) is 0 Å². The van der Waals surface area contributed by atoms with Gasteiger partial charge in [-0.05, 0) is 13.3 Å². The number of hydrogen-bond acceptors (Lipinski definition) is 3. The first-order chi connectivity index (χ1) is 7.47. The molecule has 16 heavy (non-hydrogen) atoms. The Morgan fingerprint density at radius 2 is 2.31 bits per heavy atom. The summed E-state index contributed by atoms with van der Waals surface area (Å²) in [6.45, 7) is 4.95. The fourth-order valence-corrected chi connectivity index (χ4v) is 2.54. The first kappa shape index (κ1) is 13.4. The monoisotopic (exact) mass is 243 g/mol. The molecule has 0 saturated carbocycles. The number of carbonyl (C=O) groups is 1. The number of carbonyl (C=O) groups excluding carboxylic acids is 1. The molecule has 1 rings (SSSR count). The second-order valence-corrected chi connectivity index (χ2v) is 5.52. The van der Waals surface area contributed by atoms with Gasteiger partial charge in [0.15, 0.2) is 5.17 Å². The first-order valence-electron chi connectivity index (χ1n) is 5.62. The zero-order valence-corrected chi connectivity index (χ0v) is 11.4. The number of rotatable bonds is 4. The van der Waals surface area contributed by atoms with Crippen LogP contribution in [0.2, 0.25) is 0 Å². The number of amides is 1. The van der Waals surface area contributed by atoms with E-state index < -0.39 is 0 Å². The van der Waals surface area contributed by atoms with Crippen molar-refractivity contribution >= 4 is 22.8 Å². The van der Waals surface area contributed by atoms with Crippen molar-refractivity contribution in [1.29, 1.82) is 0 Å². The number of nitrogens with one attached hydrogen (secondary N) is 1. The summed E-state index contributed by atoms with van der Waals surface area (Å²) >= 11 is 1.75. The molecule has 5 heteroatoms. The Bertz CT molecular complexity index is 291. The van der Waals surface area contributed by atoms with Crippen molar-refractivity contribution in [2.75, 3.05) is 26.4 Å². The van der Waals surface area contributed by atoms with Crippen LogP contribution in [0.15, 0.2) is 4.99 Å². The normalized spacial score (nSPS) is 26.9.